The Morgan fingerprint density at radius 3 is 2.43 bits per heavy atom. The number of hydrogen-bond donors (Lipinski definition) is 1. The maximum atomic E-state index is 11.7. The van der Waals surface area contributed by atoms with Crippen molar-refractivity contribution in [1.82, 2.24) is 5.32 Å². The smallest absolute Gasteiger partial charge is 0.380 e. The molecular weight excluding hydrogens is 195 g/mol. The van der Waals surface area contributed by atoms with Crippen LogP contribution in [0.1, 0.15) is 26.2 Å². The van der Waals surface area contributed by atoms with Crippen LogP contribution in [0.2, 0.25) is 0 Å². The van der Waals surface area contributed by atoms with Crippen molar-refractivity contribution in [3.8, 4) is 0 Å². The summed E-state index contributed by atoms with van der Waals surface area (Å²) in [5.74, 6) is 0. The first-order valence-corrected chi connectivity index (χ1v) is 4.91. The van der Waals surface area contributed by atoms with E-state index in [2.05, 4.69) is 12.2 Å². The molecule has 0 amide bonds. The summed E-state index contributed by atoms with van der Waals surface area (Å²) < 4.78 is 40.1. The van der Waals surface area contributed by atoms with Gasteiger partial charge in [0.2, 0.25) is 0 Å². The van der Waals surface area contributed by atoms with Crippen LogP contribution in [0.25, 0.3) is 0 Å². The zero-order valence-electron chi connectivity index (χ0n) is 8.49. The monoisotopic (exact) mass is 213 g/mol. The van der Waals surface area contributed by atoms with Gasteiger partial charge in [0.05, 0.1) is 13.0 Å². The second kappa shape index (κ2) is 8.05. The first-order valence-electron chi connectivity index (χ1n) is 4.91. The van der Waals surface area contributed by atoms with Crippen LogP contribution < -0.4 is 5.32 Å². The highest BCUT2D eigenvalue weighted by Crippen LogP contribution is 2.17. The summed E-state index contributed by atoms with van der Waals surface area (Å²) in [7, 11) is 0. The van der Waals surface area contributed by atoms with E-state index in [4.69, 9.17) is 4.74 Å². The van der Waals surface area contributed by atoms with E-state index in [9.17, 15) is 13.2 Å². The molecule has 0 spiro atoms. The van der Waals surface area contributed by atoms with E-state index in [1.54, 1.807) is 0 Å². The lowest BCUT2D eigenvalue weighted by atomic mass is 10.4. The number of rotatable bonds is 8. The number of ether oxygens (including phenoxy) is 1. The predicted octanol–water partition coefficient (Wildman–Crippen LogP) is 2.35. The molecule has 0 aliphatic carbocycles. The van der Waals surface area contributed by atoms with Crippen molar-refractivity contribution in [2.75, 3.05) is 26.3 Å². The molecule has 1 N–H and O–H groups in total. The molecule has 0 rings (SSSR count). The standard InChI is InChI=1S/C9H18F3NO/c1-2-3-7-14-8-6-13-5-4-9(10,11)12/h13H,2-8H2,1H3. The minimum absolute atomic E-state index is 0.0271. The fraction of sp³-hybridized carbons (Fsp3) is 1.00. The normalized spacial score (nSPS) is 12.0. The molecule has 0 unspecified atom stereocenters. The Balaban J connectivity index is 2.99. The first-order chi connectivity index (χ1) is 6.56. The van der Waals surface area contributed by atoms with Crippen molar-refractivity contribution in [2.45, 2.75) is 32.4 Å². The molecule has 0 radical (unpaired) electrons. The molecular formula is C9H18F3NO. The molecule has 0 fully saturated rings. The molecule has 0 saturated heterocycles. The molecule has 0 heterocycles. The highest BCUT2D eigenvalue weighted by atomic mass is 19.4. The minimum Gasteiger partial charge on any atom is -0.380 e. The third kappa shape index (κ3) is 11.7. The molecule has 0 saturated carbocycles. The van der Waals surface area contributed by atoms with Crippen molar-refractivity contribution in [1.29, 1.82) is 0 Å². The summed E-state index contributed by atoms with van der Waals surface area (Å²) in [5.41, 5.74) is 0. The van der Waals surface area contributed by atoms with E-state index in [-0.39, 0.29) is 6.54 Å². The zero-order valence-corrected chi connectivity index (χ0v) is 8.49. The van der Waals surface area contributed by atoms with Gasteiger partial charge in [0, 0.05) is 19.7 Å². The molecule has 14 heavy (non-hydrogen) atoms. The quantitative estimate of drug-likeness (QED) is 0.625. The fourth-order valence-corrected chi connectivity index (χ4v) is 0.848. The molecule has 0 atom stereocenters. The van der Waals surface area contributed by atoms with E-state index < -0.39 is 12.6 Å². The second-order valence-electron chi connectivity index (χ2n) is 3.08. The van der Waals surface area contributed by atoms with Crippen molar-refractivity contribution < 1.29 is 17.9 Å². The third-order valence-corrected chi connectivity index (χ3v) is 1.65. The Bertz CT molecular complexity index is 128. The van der Waals surface area contributed by atoms with Crippen LogP contribution in [-0.4, -0.2) is 32.5 Å². The van der Waals surface area contributed by atoms with Gasteiger partial charge in [-0.05, 0) is 6.42 Å². The number of nitrogens with one attached hydrogen (secondary N) is 1. The summed E-state index contributed by atoms with van der Waals surface area (Å²) in [6.45, 7) is 3.70. The average molecular weight is 213 g/mol. The second-order valence-corrected chi connectivity index (χ2v) is 3.08. The molecule has 5 heteroatoms. The topological polar surface area (TPSA) is 21.3 Å². The third-order valence-electron chi connectivity index (χ3n) is 1.65. The molecule has 0 aromatic rings. The highest BCUT2D eigenvalue weighted by Gasteiger charge is 2.25. The summed E-state index contributed by atoms with van der Waals surface area (Å²) in [4.78, 5) is 0. The Morgan fingerprint density at radius 1 is 1.14 bits per heavy atom. The Morgan fingerprint density at radius 2 is 1.86 bits per heavy atom. The number of alkyl halides is 3. The van der Waals surface area contributed by atoms with Gasteiger partial charge in [-0.2, -0.15) is 13.2 Å². The summed E-state index contributed by atoms with van der Waals surface area (Å²) in [6, 6.07) is 0. The number of halogens is 3. The largest absolute Gasteiger partial charge is 0.390 e. The molecule has 0 aromatic carbocycles. The van der Waals surface area contributed by atoms with Gasteiger partial charge in [0.1, 0.15) is 0 Å². The van der Waals surface area contributed by atoms with Crippen LogP contribution in [0.4, 0.5) is 13.2 Å². The van der Waals surface area contributed by atoms with Gasteiger partial charge in [0.15, 0.2) is 0 Å². The van der Waals surface area contributed by atoms with Gasteiger partial charge in [-0.1, -0.05) is 13.3 Å². The van der Waals surface area contributed by atoms with Crippen LogP contribution in [0.5, 0.6) is 0 Å². The fourth-order valence-electron chi connectivity index (χ4n) is 0.848. The lowest BCUT2D eigenvalue weighted by molar-refractivity contribution is -0.133. The molecule has 0 aromatic heterocycles. The average Bonchev–Trinajstić information content (AvgIpc) is 2.08. The van der Waals surface area contributed by atoms with Gasteiger partial charge >= 0.3 is 6.18 Å². The highest BCUT2D eigenvalue weighted by molar-refractivity contribution is 4.54. The maximum absolute atomic E-state index is 11.7. The van der Waals surface area contributed by atoms with Crippen LogP contribution in [-0.2, 0) is 4.74 Å². The van der Waals surface area contributed by atoms with Crippen molar-refractivity contribution in [3.05, 3.63) is 0 Å². The number of unbranched alkanes of at least 4 members (excludes halogenated alkanes) is 1. The van der Waals surface area contributed by atoms with Crippen LogP contribution >= 0.6 is 0 Å². The van der Waals surface area contributed by atoms with Crippen molar-refractivity contribution in [3.63, 3.8) is 0 Å². The SMILES string of the molecule is CCCCOCCNCCC(F)(F)F. The maximum Gasteiger partial charge on any atom is 0.390 e. The van der Waals surface area contributed by atoms with E-state index in [1.807, 2.05) is 0 Å². The minimum atomic E-state index is -4.06. The summed E-state index contributed by atoms with van der Waals surface area (Å²) in [5, 5.41) is 2.67. The Kier molecular flexibility index (Phi) is 7.89. The van der Waals surface area contributed by atoms with Gasteiger partial charge in [-0.15, -0.1) is 0 Å². The van der Waals surface area contributed by atoms with E-state index in [0.717, 1.165) is 12.8 Å². The van der Waals surface area contributed by atoms with Crippen LogP contribution in [0, 0.1) is 0 Å². The zero-order chi connectivity index (χ0) is 10.9. The van der Waals surface area contributed by atoms with Gasteiger partial charge in [-0.25, -0.2) is 0 Å². The molecule has 0 aliphatic rings. The molecule has 86 valence electrons. The van der Waals surface area contributed by atoms with Gasteiger partial charge in [-0.3, -0.25) is 0 Å². The van der Waals surface area contributed by atoms with Crippen LogP contribution in [0.3, 0.4) is 0 Å². The first kappa shape index (κ1) is 13.7. The van der Waals surface area contributed by atoms with E-state index in [1.165, 1.54) is 0 Å². The molecule has 0 bridgehead atoms. The number of hydrogen-bond acceptors (Lipinski definition) is 2. The van der Waals surface area contributed by atoms with Crippen LogP contribution in [0.15, 0.2) is 0 Å². The summed E-state index contributed by atoms with van der Waals surface area (Å²) >= 11 is 0. The van der Waals surface area contributed by atoms with E-state index in [0.29, 0.717) is 19.8 Å². The Hall–Kier alpha value is -0.290. The lowest BCUT2D eigenvalue weighted by Crippen LogP contribution is -2.25. The molecule has 2 nitrogen and oxygen atoms in total. The molecule has 0 aliphatic heterocycles. The predicted molar refractivity (Wildman–Crippen MR) is 49.3 cm³/mol. The van der Waals surface area contributed by atoms with Crippen molar-refractivity contribution in [2.24, 2.45) is 0 Å². The van der Waals surface area contributed by atoms with Crippen molar-refractivity contribution >= 4 is 0 Å². The van der Waals surface area contributed by atoms with E-state index >= 15 is 0 Å². The Labute approximate surface area is 82.8 Å². The van der Waals surface area contributed by atoms with Gasteiger partial charge < -0.3 is 10.1 Å². The lowest BCUT2D eigenvalue weighted by Gasteiger charge is -2.07. The summed E-state index contributed by atoms with van der Waals surface area (Å²) in [6.07, 6.45) is -2.76. The van der Waals surface area contributed by atoms with Gasteiger partial charge in [0.25, 0.3) is 0 Å².